The molecule has 0 saturated heterocycles. The third-order valence-electron chi connectivity index (χ3n) is 1.69. The van der Waals surface area contributed by atoms with Gasteiger partial charge in [-0.2, -0.15) is 0 Å². The van der Waals surface area contributed by atoms with Crippen LogP contribution in [0.25, 0.3) is 6.08 Å². The number of benzene rings is 1. The predicted molar refractivity (Wildman–Crippen MR) is 51.6 cm³/mol. The monoisotopic (exact) mass is 178 g/mol. The fraction of sp³-hybridized carbons (Fsp3) is 0.0909. The Kier molecular flexibility index (Phi) is 3.41. The van der Waals surface area contributed by atoms with Crippen molar-refractivity contribution in [3.05, 3.63) is 53.9 Å². The standard InChI is InChI=1S/C11H11FO/c1-2-3-4-9-7-11(12)6-5-10(9)8-13/h2-7,13H,1,8H2/b4-3+. The molecule has 68 valence electrons. The van der Waals surface area contributed by atoms with E-state index in [1.807, 2.05) is 0 Å². The Balaban J connectivity index is 3.07. The molecule has 1 rings (SSSR count). The second kappa shape index (κ2) is 4.58. The van der Waals surface area contributed by atoms with Crippen molar-refractivity contribution < 1.29 is 9.50 Å². The quantitative estimate of drug-likeness (QED) is 0.705. The lowest BCUT2D eigenvalue weighted by Gasteiger charge is -2.01. The molecule has 1 aromatic carbocycles. The Hall–Kier alpha value is -1.41. The smallest absolute Gasteiger partial charge is 0.123 e. The molecule has 13 heavy (non-hydrogen) atoms. The second-order valence-corrected chi connectivity index (χ2v) is 2.60. The molecule has 0 aliphatic heterocycles. The maximum atomic E-state index is 12.8. The van der Waals surface area contributed by atoms with E-state index in [0.717, 1.165) is 0 Å². The summed E-state index contributed by atoms with van der Waals surface area (Å²) in [5, 5.41) is 8.93. The number of allylic oxidation sites excluding steroid dienone is 2. The molecule has 0 aliphatic rings. The zero-order chi connectivity index (χ0) is 9.68. The van der Waals surface area contributed by atoms with Crippen LogP contribution in [-0.4, -0.2) is 5.11 Å². The van der Waals surface area contributed by atoms with Gasteiger partial charge in [-0.1, -0.05) is 30.9 Å². The fourth-order valence-corrected chi connectivity index (χ4v) is 1.04. The lowest BCUT2D eigenvalue weighted by atomic mass is 10.1. The molecule has 0 aliphatic carbocycles. The van der Waals surface area contributed by atoms with Gasteiger partial charge in [-0.15, -0.1) is 0 Å². The molecule has 1 N–H and O–H groups in total. The van der Waals surface area contributed by atoms with E-state index in [1.165, 1.54) is 12.1 Å². The lowest BCUT2D eigenvalue weighted by Crippen LogP contribution is -1.89. The summed E-state index contributed by atoms with van der Waals surface area (Å²) in [7, 11) is 0. The third-order valence-corrected chi connectivity index (χ3v) is 1.69. The van der Waals surface area contributed by atoms with Crippen LogP contribution in [-0.2, 0) is 6.61 Å². The molecule has 0 amide bonds. The summed E-state index contributed by atoms with van der Waals surface area (Å²) < 4.78 is 12.8. The van der Waals surface area contributed by atoms with Gasteiger partial charge in [-0.05, 0) is 23.3 Å². The van der Waals surface area contributed by atoms with E-state index < -0.39 is 0 Å². The van der Waals surface area contributed by atoms with E-state index in [0.29, 0.717) is 11.1 Å². The number of halogens is 1. The molecule has 0 fully saturated rings. The molecule has 0 heterocycles. The molecule has 1 nitrogen and oxygen atoms in total. The van der Waals surface area contributed by atoms with Gasteiger partial charge in [0.15, 0.2) is 0 Å². The van der Waals surface area contributed by atoms with Gasteiger partial charge in [0.1, 0.15) is 5.82 Å². The SMILES string of the molecule is C=C/C=C/c1cc(F)ccc1CO. The molecular weight excluding hydrogens is 167 g/mol. The molecule has 0 radical (unpaired) electrons. The van der Waals surface area contributed by atoms with Crippen LogP contribution in [0.1, 0.15) is 11.1 Å². The molecule has 0 bridgehead atoms. The molecule has 0 spiro atoms. The average Bonchev–Trinajstić information content (AvgIpc) is 2.15. The van der Waals surface area contributed by atoms with Gasteiger partial charge >= 0.3 is 0 Å². The maximum absolute atomic E-state index is 12.8. The molecule has 0 aromatic heterocycles. The first-order chi connectivity index (χ1) is 6.27. The highest BCUT2D eigenvalue weighted by Gasteiger charge is 1.98. The molecule has 1 aromatic rings. The minimum absolute atomic E-state index is 0.0862. The van der Waals surface area contributed by atoms with E-state index in [1.54, 1.807) is 24.3 Å². The first-order valence-corrected chi connectivity index (χ1v) is 3.96. The highest BCUT2D eigenvalue weighted by atomic mass is 19.1. The lowest BCUT2D eigenvalue weighted by molar-refractivity contribution is 0.281. The summed E-state index contributed by atoms with van der Waals surface area (Å²) in [6.07, 6.45) is 5.02. The summed E-state index contributed by atoms with van der Waals surface area (Å²) in [5.41, 5.74) is 1.39. The van der Waals surface area contributed by atoms with Gasteiger partial charge < -0.3 is 5.11 Å². The summed E-state index contributed by atoms with van der Waals surface area (Å²) in [6.45, 7) is 3.42. The first-order valence-electron chi connectivity index (χ1n) is 3.96. The first kappa shape index (κ1) is 9.68. The van der Waals surface area contributed by atoms with Gasteiger partial charge in [0, 0.05) is 0 Å². The normalized spacial score (nSPS) is 10.6. The van der Waals surface area contributed by atoms with Crippen molar-refractivity contribution >= 4 is 6.08 Å². The van der Waals surface area contributed by atoms with Gasteiger partial charge in [0.2, 0.25) is 0 Å². The van der Waals surface area contributed by atoms with Crippen molar-refractivity contribution in [1.82, 2.24) is 0 Å². The summed E-state index contributed by atoms with van der Waals surface area (Å²) >= 11 is 0. The van der Waals surface area contributed by atoms with Crippen molar-refractivity contribution in [1.29, 1.82) is 0 Å². The van der Waals surface area contributed by atoms with Gasteiger partial charge in [0.25, 0.3) is 0 Å². The van der Waals surface area contributed by atoms with Crippen LogP contribution >= 0.6 is 0 Å². The number of rotatable bonds is 3. The predicted octanol–water partition coefficient (Wildman–Crippen LogP) is 2.52. The zero-order valence-corrected chi connectivity index (χ0v) is 7.20. The molecular formula is C11H11FO. The zero-order valence-electron chi connectivity index (χ0n) is 7.20. The Bertz CT molecular complexity index is 329. The van der Waals surface area contributed by atoms with E-state index in [-0.39, 0.29) is 12.4 Å². The van der Waals surface area contributed by atoms with Crippen LogP contribution in [0.2, 0.25) is 0 Å². The molecule has 0 saturated carbocycles. The van der Waals surface area contributed by atoms with E-state index in [4.69, 9.17) is 5.11 Å². The van der Waals surface area contributed by atoms with Crippen LogP contribution in [0, 0.1) is 5.82 Å². The molecule has 2 heteroatoms. The molecule has 0 atom stereocenters. The average molecular weight is 178 g/mol. The van der Waals surface area contributed by atoms with Crippen molar-refractivity contribution in [2.75, 3.05) is 0 Å². The van der Waals surface area contributed by atoms with Crippen LogP contribution in [0.4, 0.5) is 4.39 Å². The third kappa shape index (κ3) is 2.53. The summed E-state index contributed by atoms with van der Waals surface area (Å²) in [6, 6.07) is 4.28. The largest absolute Gasteiger partial charge is 0.392 e. The van der Waals surface area contributed by atoms with Crippen molar-refractivity contribution in [2.45, 2.75) is 6.61 Å². The van der Waals surface area contributed by atoms with Crippen molar-refractivity contribution in [2.24, 2.45) is 0 Å². The Morgan fingerprint density at radius 1 is 1.46 bits per heavy atom. The highest BCUT2D eigenvalue weighted by molar-refractivity contribution is 5.55. The number of hydrogen-bond acceptors (Lipinski definition) is 1. The summed E-state index contributed by atoms with van der Waals surface area (Å²) in [4.78, 5) is 0. The van der Waals surface area contributed by atoms with Gasteiger partial charge in [-0.25, -0.2) is 4.39 Å². The minimum atomic E-state index is -0.305. The van der Waals surface area contributed by atoms with Crippen LogP contribution in [0.5, 0.6) is 0 Å². The topological polar surface area (TPSA) is 20.2 Å². The second-order valence-electron chi connectivity index (χ2n) is 2.60. The van der Waals surface area contributed by atoms with Crippen LogP contribution in [0.15, 0.2) is 36.9 Å². The van der Waals surface area contributed by atoms with E-state index in [2.05, 4.69) is 6.58 Å². The van der Waals surface area contributed by atoms with E-state index in [9.17, 15) is 4.39 Å². The number of hydrogen-bond donors (Lipinski definition) is 1. The van der Waals surface area contributed by atoms with Gasteiger partial charge in [-0.3, -0.25) is 0 Å². The minimum Gasteiger partial charge on any atom is -0.392 e. The maximum Gasteiger partial charge on any atom is 0.123 e. The number of aliphatic hydroxyl groups is 1. The van der Waals surface area contributed by atoms with Crippen molar-refractivity contribution in [3.63, 3.8) is 0 Å². The van der Waals surface area contributed by atoms with Crippen LogP contribution in [0.3, 0.4) is 0 Å². The van der Waals surface area contributed by atoms with E-state index >= 15 is 0 Å². The highest BCUT2D eigenvalue weighted by Crippen LogP contribution is 2.13. The fourth-order valence-electron chi connectivity index (χ4n) is 1.04. The summed E-state index contributed by atoms with van der Waals surface area (Å²) in [5.74, 6) is -0.305. The van der Waals surface area contributed by atoms with Crippen LogP contribution < -0.4 is 0 Å². The number of aliphatic hydroxyl groups excluding tert-OH is 1. The molecule has 0 unspecified atom stereocenters. The Morgan fingerprint density at radius 3 is 2.85 bits per heavy atom. The van der Waals surface area contributed by atoms with Crippen molar-refractivity contribution in [3.8, 4) is 0 Å². The van der Waals surface area contributed by atoms with Gasteiger partial charge in [0.05, 0.1) is 6.61 Å². The Labute approximate surface area is 76.8 Å². The Morgan fingerprint density at radius 2 is 2.23 bits per heavy atom.